The third kappa shape index (κ3) is 3.25. The van der Waals surface area contributed by atoms with Crippen molar-refractivity contribution in [2.75, 3.05) is 51.7 Å². The zero-order chi connectivity index (χ0) is 15.6. The highest BCUT2D eigenvalue weighted by Crippen LogP contribution is 2.37. The maximum atomic E-state index is 4.54. The van der Waals surface area contributed by atoms with Gasteiger partial charge in [-0.15, -0.1) is 0 Å². The van der Waals surface area contributed by atoms with Gasteiger partial charge in [0.15, 0.2) is 0 Å². The number of hydrogen-bond donors (Lipinski definition) is 0. The summed E-state index contributed by atoms with van der Waals surface area (Å²) in [5.41, 5.74) is 1.48. The van der Waals surface area contributed by atoms with Gasteiger partial charge in [0.25, 0.3) is 0 Å². The molecule has 0 radical (unpaired) electrons. The van der Waals surface area contributed by atoms with E-state index in [-0.39, 0.29) is 0 Å². The lowest BCUT2D eigenvalue weighted by Crippen LogP contribution is -2.57. The lowest BCUT2D eigenvalue weighted by atomic mass is 9.86. The van der Waals surface area contributed by atoms with Gasteiger partial charge in [0.1, 0.15) is 0 Å². The minimum Gasteiger partial charge on any atom is -0.339 e. The molecule has 0 saturated carbocycles. The number of nitrogens with zero attached hydrogens (tertiary/aromatic N) is 5. The minimum absolute atomic E-state index is 0.350. The number of aromatic nitrogens is 2. The molecule has 0 N–H and O–H groups in total. The van der Waals surface area contributed by atoms with Crippen LogP contribution < -0.4 is 4.90 Å². The first-order chi connectivity index (χ1) is 10.6. The van der Waals surface area contributed by atoms with Crippen LogP contribution >= 0.6 is 0 Å². The van der Waals surface area contributed by atoms with Crippen molar-refractivity contribution in [3.8, 4) is 0 Å². The molecular formula is C17H29N5. The Labute approximate surface area is 134 Å². The first-order valence-corrected chi connectivity index (χ1v) is 8.52. The van der Waals surface area contributed by atoms with Crippen molar-refractivity contribution < 1.29 is 0 Å². The zero-order valence-corrected chi connectivity index (χ0v) is 14.3. The second-order valence-electron chi connectivity index (χ2n) is 7.20. The van der Waals surface area contributed by atoms with Crippen LogP contribution in [0.15, 0.2) is 12.4 Å². The van der Waals surface area contributed by atoms with E-state index in [4.69, 9.17) is 0 Å². The summed E-state index contributed by atoms with van der Waals surface area (Å²) in [5.74, 6) is 0.907. The van der Waals surface area contributed by atoms with E-state index in [9.17, 15) is 0 Å². The molecule has 2 aliphatic heterocycles. The third-order valence-corrected chi connectivity index (χ3v) is 5.16. The molecule has 2 saturated heterocycles. The highest BCUT2D eigenvalue weighted by Gasteiger charge is 2.44. The Morgan fingerprint density at radius 1 is 1.14 bits per heavy atom. The number of anilines is 1. The van der Waals surface area contributed by atoms with Crippen LogP contribution in [0, 0.1) is 6.92 Å². The molecule has 0 bridgehead atoms. The van der Waals surface area contributed by atoms with Gasteiger partial charge in [-0.2, -0.15) is 0 Å². The van der Waals surface area contributed by atoms with E-state index in [2.05, 4.69) is 38.8 Å². The van der Waals surface area contributed by atoms with Crippen molar-refractivity contribution in [3.63, 3.8) is 0 Å². The Morgan fingerprint density at radius 2 is 1.82 bits per heavy atom. The van der Waals surface area contributed by atoms with E-state index >= 15 is 0 Å². The molecule has 2 aliphatic rings. The van der Waals surface area contributed by atoms with Crippen LogP contribution in [-0.4, -0.2) is 72.1 Å². The standard InChI is InChI=1S/C17H29N5/c1-15-12-18-16(19-13-15)21-8-4-6-17(14-21)7-5-9-22(17)11-10-20(2)3/h12-13H,4-11,14H2,1-3H3/t17-/m1/s1. The fourth-order valence-corrected chi connectivity index (χ4v) is 3.96. The van der Waals surface area contributed by atoms with Gasteiger partial charge in [0, 0.05) is 44.1 Å². The number of piperidine rings is 1. The molecule has 122 valence electrons. The van der Waals surface area contributed by atoms with Crippen LogP contribution in [0.5, 0.6) is 0 Å². The van der Waals surface area contributed by atoms with Crippen LogP contribution in [0.1, 0.15) is 31.2 Å². The normalized spacial score (nSPS) is 26.3. The highest BCUT2D eigenvalue weighted by molar-refractivity contribution is 5.32. The van der Waals surface area contributed by atoms with Gasteiger partial charge >= 0.3 is 0 Å². The van der Waals surface area contributed by atoms with Gasteiger partial charge < -0.3 is 9.80 Å². The molecule has 5 nitrogen and oxygen atoms in total. The van der Waals surface area contributed by atoms with Gasteiger partial charge in [-0.25, -0.2) is 9.97 Å². The van der Waals surface area contributed by atoms with Crippen LogP contribution in [0.4, 0.5) is 5.95 Å². The molecule has 0 aliphatic carbocycles. The van der Waals surface area contributed by atoms with E-state index in [1.807, 2.05) is 19.3 Å². The average Bonchev–Trinajstić information content (AvgIpc) is 2.88. The first-order valence-electron chi connectivity index (χ1n) is 8.52. The van der Waals surface area contributed by atoms with E-state index in [1.54, 1.807) is 0 Å². The molecule has 1 aromatic rings. The van der Waals surface area contributed by atoms with Gasteiger partial charge in [0.05, 0.1) is 0 Å². The summed E-state index contributed by atoms with van der Waals surface area (Å²) in [5, 5.41) is 0. The van der Waals surface area contributed by atoms with Crippen molar-refractivity contribution in [1.29, 1.82) is 0 Å². The van der Waals surface area contributed by atoms with Crippen molar-refractivity contribution in [2.24, 2.45) is 0 Å². The summed E-state index contributed by atoms with van der Waals surface area (Å²) in [6.07, 6.45) is 9.08. The van der Waals surface area contributed by atoms with Crippen LogP contribution in [-0.2, 0) is 0 Å². The van der Waals surface area contributed by atoms with E-state index < -0.39 is 0 Å². The van der Waals surface area contributed by atoms with Crippen molar-refractivity contribution in [3.05, 3.63) is 18.0 Å². The third-order valence-electron chi connectivity index (χ3n) is 5.16. The van der Waals surface area contributed by atoms with Crippen molar-refractivity contribution in [2.45, 2.75) is 38.1 Å². The summed E-state index contributed by atoms with van der Waals surface area (Å²) in [6.45, 7) is 7.78. The predicted octanol–water partition coefficient (Wildman–Crippen LogP) is 1.78. The maximum Gasteiger partial charge on any atom is 0.225 e. The number of hydrogen-bond acceptors (Lipinski definition) is 5. The molecule has 22 heavy (non-hydrogen) atoms. The smallest absolute Gasteiger partial charge is 0.225 e. The molecule has 2 fully saturated rings. The SMILES string of the molecule is Cc1cnc(N2CCC[C@@]3(CCCN3CCN(C)C)C2)nc1. The lowest BCUT2D eigenvalue weighted by molar-refractivity contribution is 0.107. The molecule has 1 spiro atoms. The van der Waals surface area contributed by atoms with Gasteiger partial charge in [-0.05, 0) is 58.8 Å². The molecule has 1 atom stereocenters. The largest absolute Gasteiger partial charge is 0.339 e. The molecule has 5 heteroatoms. The Morgan fingerprint density at radius 3 is 2.50 bits per heavy atom. The zero-order valence-electron chi connectivity index (χ0n) is 14.3. The topological polar surface area (TPSA) is 35.5 Å². The molecule has 0 unspecified atom stereocenters. The Hall–Kier alpha value is -1.20. The quantitative estimate of drug-likeness (QED) is 0.847. The molecule has 3 heterocycles. The van der Waals surface area contributed by atoms with Gasteiger partial charge in [-0.3, -0.25) is 4.90 Å². The molecule has 0 amide bonds. The maximum absolute atomic E-state index is 4.54. The first kappa shape index (κ1) is 15.7. The number of rotatable bonds is 4. The molecule has 0 aromatic carbocycles. The lowest BCUT2D eigenvalue weighted by Gasteiger charge is -2.46. The van der Waals surface area contributed by atoms with Gasteiger partial charge in [0.2, 0.25) is 5.95 Å². The van der Waals surface area contributed by atoms with Crippen LogP contribution in [0.2, 0.25) is 0 Å². The van der Waals surface area contributed by atoms with E-state index in [0.717, 1.165) is 31.1 Å². The monoisotopic (exact) mass is 303 g/mol. The molecular weight excluding hydrogens is 274 g/mol. The molecule has 1 aromatic heterocycles. The van der Waals surface area contributed by atoms with Crippen molar-refractivity contribution >= 4 is 5.95 Å². The fraction of sp³-hybridized carbons (Fsp3) is 0.765. The molecule has 3 rings (SSSR count). The van der Waals surface area contributed by atoms with Gasteiger partial charge in [-0.1, -0.05) is 0 Å². The number of likely N-dealkylation sites (tertiary alicyclic amines) is 1. The second-order valence-corrected chi connectivity index (χ2v) is 7.20. The summed E-state index contributed by atoms with van der Waals surface area (Å²) in [7, 11) is 4.33. The Bertz CT molecular complexity index is 486. The highest BCUT2D eigenvalue weighted by atomic mass is 15.3. The fourth-order valence-electron chi connectivity index (χ4n) is 3.96. The van der Waals surface area contributed by atoms with Crippen molar-refractivity contribution in [1.82, 2.24) is 19.8 Å². The summed E-state index contributed by atoms with van der Waals surface area (Å²) >= 11 is 0. The predicted molar refractivity (Wildman–Crippen MR) is 90.3 cm³/mol. The Balaban J connectivity index is 1.72. The minimum atomic E-state index is 0.350. The van der Waals surface area contributed by atoms with E-state index in [1.165, 1.54) is 38.8 Å². The second kappa shape index (κ2) is 6.50. The van der Waals surface area contributed by atoms with E-state index in [0.29, 0.717) is 5.54 Å². The van der Waals surface area contributed by atoms with Crippen LogP contribution in [0.3, 0.4) is 0 Å². The number of likely N-dealkylation sites (N-methyl/N-ethyl adjacent to an activating group) is 1. The summed E-state index contributed by atoms with van der Waals surface area (Å²) in [6, 6.07) is 0. The van der Waals surface area contributed by atoms with Crippen LogP contribution in [0.25, 0.3) is 0 Å². The Kier molecular flexibility index (Phi) is 4.64. The summed E-state index contributed by atoms with van der Waals surface area (Å²) in [4.78, 5) is 16.5. The number of aryl methyl sites for hydroxylation is 1. The average molecular weight is 303 g/mol. The summed E-state index contributed by atoms with van der Waals surface area (Å²) < 4.78 is 0.